The molecule has 1 amide bonds. The number of fused-ring (bicyclic) bond motifs is 1. The Bertz CT molecular complexity index is 631. The highest BCUT2D eigenvalue weighted by atomic mass is 79.9. The molecule has 0 fully saturated rings. The molecule has 5 nitrogen and oxygen atoms in total. The molecule has 0 N–H and O–H groups in total. The molecule has 0 unspecified atom stereocenters. The van der Waals surface area contributed by atoms with Gasteiger partial charge in [0.2, 0.25) is 15.9 Å². The molecule has 0 aromatic heterocycles. The number of benzene rings is 1. The molecule has 1 aliphatic rings. The number of hydrogen-bond acceptors (Lipinski definition) is 3. The van der Waals surface area contributed by atoms with E-state index in [1.807, 2.05) is 18.2 Å². The minimum absolute atomic E-state index is 0.000311. The Morgan fingerprint density at radius 3 is 2.80 bits per heavy atom. The van der Waals surface area contributed by atoms with Crippen molar-refractivity contribution in [1.29, 1.82) is 0 Å². The topological polar surface area (TPSA) is 57.7 Å². The number of likely N-dealkylation sites (N-methyl/N-ethyl adjacent to an activating group) is 1. The zero-order valence-corrected chi connectivity index (χ0v) is 13.9. The lowest BCUT2D eigenvalue weighted by molar-refractivity contribution is -0.118. The molecule has 1 aromatic rings. The Balaban J connectivity index is 2.14. The first-order valence-electron chi connectivity index (χ1n) is 6.38. The van der Waals surface area contributed by atoms with Gasteiger partial charge in [0.25, 0.3) is 0 Å². The highest BCUT2D eigenvalue weighted by Gasteiger charge is 2.27. The van der Waals surface area contributed by atoms with Gasteiger partial charge in [-0.05, 0) is 37.1 Å². The standard InChI is InChI=1S/C13H17BrN2O3S/c1-3-20(18,19)15(2)9-13(17)16-7-6-10-8-11(14)4-5-12(10)16/h4-5,8H,3,6-7,9H2,1-2H3. The maximum atomic E-state index is 12.3. The summed E-state index contributed by atoms with van der Waals surface area (Å²) >= 11 is 3.41. The van der Waals surface area contributed by atoms with Crippen LogP contribution in [0, 0.1) is 0 Å². The average molecular weight is 361 g/mol. The van der Waals surface area contributed by atoms with E-state index in [0.29, 0.717) is 6.54 Å². The lowest BCUT2D eigenvalue weighted by atomic mass is 10.2. The second-order valence-corrected chi connectivity index (χ2v) is 8.01. The molecule has 20 heavy (non-hydrogen) atoms. The molecule has 0 bridgehead atoms. The lowest BCUT2D eigenvalue weighted by Crippen LogP contribution is -2.41. The van der Waals surface area contributed by atoms with Crippen LogP contribution in [-0.2, 0) is 21.2 Å². The lowest BCUT2D eigenvalue weighted by Gasteiger charge is -2.21. The number of sulfonamides is 1. The van der Waals surface area contributed by atoms with Gasteiger partial charge in [0.1, 0.15) is 0 Å². The van der Waals surface area contributed by atoms with Crippen LogP contribution >= 0.6 is 15.9 Å². The van der Waals surface area contributed by atoms with Crippen LogP contribution < -0.4 is 4.90 Å². The van der Waals surface area contributed by atoms with E-state index in [1.165, 1.54) is 7.05 Å². The molecule has 7 heteroatoms. The fourth-order valence-electron chi connectivity index (χ4n) is 2.22. The van der Waals surface area contributed by atoms with Crippen molar-refractivity contribution in [3.8, 4) is 0 Å². The van der Waals surface area contributed by atoms with E-state index in [9.17, 15) is 13.2 Å². The fraction of sp³-hybridized carbons (Fsp3) is 0.462. The van der Waals surface area contributed by atoms with Crippen LogP contribution in [0.15, 0.2) is 22.7 Å². The predicted octanol–water partition coefficient (Wildman–Crippen LogP) is 1.62. The molecular formula is C13H17BrN2O3S. The first-order chi connectivity index (χ1) is 9.35. The molecule has 0 atom stereocenters. The van der Waals surface area contributed by atoms with Crippen LogP contribution in [0.25, 0.3) is 0 Å². The molecule has 2 rings (SSSR count). The maximum Gasteiger partial charge on any atom is 0.242 e. The van der Waals surface area contributed by atoms with Gasteiger partial charge in [-0.1, -0.05) is 15.9 Å². The van der Waals surface area contributed by atoms with Crippen molar-refractivity contribution >= 4 is 37.5 Å². The third kappa shape index (κ3) is 3.05. The third-order valence-corrected chi connectivity index (χ3v) is 5.74. The molecule has 1 aromatic carbocycles. The second kappa shape index (κ2) is 5.83. The van der Waals surface area contributed by atoms with E-state index in [-0.39, 0.29) is 18.2 Å². The molecule has 0 saturated carbocycles. The van der Waals surface area contributed by atoms with E-state index in [2.05, 4.69) is 15.9 Å². The van der Waals surface area contributed by atoms with E-state index in [1.54, 1.807) is 11.8 Å². The van der Waals surface area contributed by atoms with Crippen LogP contribution in [0.1, 0.15) is 12.5 Å². The largest absolute Gasteiger partial charge is 0.311 e. The highest BCUT2D eigenvalue weighted by Crippen LogP contribution is 2.30. The first kappa shape index (κ1) is 15.5. The zero-order chi connectivity index (χ0) is 14.9. The molecule has 1 aliphatic heterocycles. The molecule has 110 valence electrons. The Morgan fingerprint density at radius 2 is 2.15 bits per heavy atom. The minimum Gasteiger partial charge on any atom is -0.311 e. The number of halogens is 1. The molecule has 0 radical (unpaired) electrons. The van der Waals surface area contributed by atoms with Crippen molar-refractivity contribution in [3.63, 3.8) is 0 Å². The normalized spacial score (nSPS) is 14.7. The Hall–Kier alpha value is -0.920. The van der Waals surface area contributed by atoms with Crippen molar-refractivity contribution in [2.75, 3.05) is 30.8 Å². The first-order valence-corrected chi connectivity index (χ1v) is 8.78. The quantitative estimate of drug-likeness (QED) is 0.819. The SMILES string of the molecule is CCS(=O)(=O)N(C)CC(=O)N1CCc2cc(Br)ccc21. The Morgan fingerprint density at radius 1 is 1.45 bits per heavy atom. The summed E-state index contributed by atoms with van der Waals surface area (Å²) in [5.74, 6) is -0.189. The van der Waals surface area contributed by atoms with E-state index >= 15 is 0 Å². The number of anilines is 1. The summed E-state index contributed by atoms with van der Waals surface area (Å²) in [6.07, 6.45) is 0.796. The van der Waals surface area contributed by atoms with Crippen LogP contribution in [-0.4, -0.2) is 44.5 Å². The van der Waals surface area contributed by atoms with Crippen LogP contribution in [0.2, 0.25) is 0 Å². The zero-order valence-electron chi connectivity index (χ0n) is 11.5. The third-order valence-electron chi connectivity index (χ3n) is 3.44. The summed E-state index contributed by atoms with van der Waals surface area (Å²) in [6, 6.07) is 5.77. The van der Waals surface area contributed by atoms with Gasteiger partial charge < -0.3 is 4.90 Å². The van der Waals surface area contributed by atoms with Gasteiger partial charge in [-0.25, -0.2) is 8.42 Å². The predicted molar refractivity (Wildman–Crippen MR) is 82.3 cm³/mol. The van der Waals surface area contributed by atoms with Crippen LogP contribution in [0.4, 0.5) is 5.69 Å². The number of hydrogen-bond donors (Lipinski definition) is 0. The van der Waals surface area contributed by atoms with E-state index < -0.39 is 10.0 Å². The van der Waals surface area contributed by atoms with Gasteiger partial charge in [-0.2, -0.15) is 4.31 Å². The maximum absolute atomic E-state index is 12.3. The van der Waals surface area contributed by atoms with Gasteiger partial charge >= 0.3 is 0 Å². The minimum atomic E-state index is -3.33. The summed E-state index contributed by atoms with van der Waals surface area (Å²) in [7, 11) is -1.89. The molecule has 0 spiro atoms. The molecule has 1 heterocycles. The van der Waals surface area contributed by atoms with Crippen molar-refractivity contribution in [2.24, 2.45) is 0 Å². The average Bonchev–Trinajstić information content (AvgIpc) is 2.81. The van der Waals surface area contributed by atoms with Crippen molar-refractivity contribution < 1.29 is 13.2 Å². The second-order valence-electron chi connectivity index (χ2n) is 4.73. The van der Waals surface area contributed by atoms with Crippen LogP contribution in [0.3, 0.4) is 0 Å². The van der Waals surface area contributed by atoms with Crippen molar-refractivity contribution in [3.05, 3.63) is 28.2 Å². The molecule has 0 saturated heterocycles. The van der Waals surface area contributed by atoms with Crippen molar-refractivity contribution in [1.82, 2.24) is 4.31 Å². The van der Waals surface area contributed by atoms with E-state index in [0.717, 1.165) is 26.4 Å². The summed E-state index contributed by atoms with van der Waals surface area (Å²) in [4.78, 5) is 13.9. The number of nitrogens with zero attached hydrogens (tertiary/aromatic N) is 2. The van der Waals surface area contributed by atoms with Gasteiger partial charge in [0.15, 0.2) is 0 Å². The number of carbonyl (C=O) groups excluding carboxylic acids is 1. The van der Waals surface area contributed by atoms with Gasteiger partial charge in [0, 0.05) is 23.8 Å². The molecular weight excluding hydrogens is 344 g/mol. The summed E-state index contributed by atoms with van der Waals surface area (Å²) < 4.78 is 25.5. The van der Waals surface area contributed by atoms with Crippen LogP contribution in [0.5, 0.6) is 0 Å². The molecule has 0 aliphatic carbocycles. The number of amides is 1. The Kier molecular flexibility index (Phi) is 4.51. The number of rotatable bonds is 4. The summed E-state index contributed by atoms with van der Waals surface area (Å²) in [6.45, 7) is 2.05. The van der Waals surface area contributed by atoms with Gasteiger partial charge in [-0.3, -0.25) is 4.79 Å². The van der Waals surface area contributed by atoms with Gasteiger partial charge in [0.05, 0.1) is 12.3 Å². The smallest absolute Gasteiger partial charge is 0.242 e. The summed E-state index contributed by atoms with van der Waals surface area (Å²) in [5, 5.41) is 0. The Labute approximate surface area is 127 Å². The summed E-state index contributed by atoms with van der Waals surface area (Å²) in [5.41, 5.74) is 1.98. The van der Waals surface area contributed by atoms with Crippen molar-refractivity contribution in [2.45, 2.75) is 13.3 Å². The number of carbonyl (C=O) groups is 1. The fourth-order valence-corrected chi connectivity index (χ4v) is 3.38. The van der Waals surface area contributed by atoms with E-state index in [4.69, 9.17) is 0 Å². The highest BCUT2D eigenvalue weighted by molar-refractivity contribution is 9.10. The monoisotopic (exact) mass is 360 g/mol. The van der Waals surface area contributed by atoms with Gasteiger partial charge in [-0.15, -0.1) is 0 Å².